The van der Waals surface area contributed by atoms with Crippen molar-refractivity contribution in [3.05, 3.63) is 94.8 Å². The van der Waals surface area contributed by atoms with Gasteiger partial charge >= 0.3 is 6.11 Å². The zero-order valence-electron chi connectivity index (χ0n) is 24.4. The summed E-state index contributed by atoms with van der Waals surface area (Å²) in [6, 6.07) is 16.1. The minimum absolute atomic E-state index is 0.222. The van der Waals surface area contributed by atoms with E-state index in [0.717, 1.165) is 81.9 Å². The Kier molecular flexibility index (Phi) is 10.0. The zero-order chi connectivity index (χ0) is 29.7. The fraction of sp³-hybridized carbons (Fsp3) is 0.500. The van der Waals surface area contributed by atoms with E-state index >= 15 is 8.78 Å². The number of halogens is 5. The summed E-state index contributed by atoms with van der Waals surface area (Å²) in [7, 11) is 0. The Labute approximate surface area is 246 Å². The maximum atomic E-state index is 15.2. The lowest BCUT2D eigenvalue weighted by molar-refractivity contribution is -0.281. The second kappa shape index (κ2) is 13.7. The van der Waals surface area contributed by atoms with Gasteiger partial charge in [0.1, 0.15) is 23.0 Å². The summed E-state index contributed by atoms with van der Waals surface area (Å²) in [4.78, 5) is 0. The van der Waals surface area contributed by atoms with E-state index in [4.69, 9.17) is 4.74 Å². The van der Waals surface area contributed by atoms with Gasteiger partial charge in [0, 0.05) is 0 Å². The minimum Gasteiger partial charge on any atom is -0.313 e. The molecule has 3 aromatic rings. The Morgan fingerprint density at radius 1 is 0.690 bits per heavy atom. The summed E-state index contributed by atoms with van der Waals surface area (Å²) < 4.78 is 78.7. The Hall–Kier alpha value is -2.73. The smallest absolute Gasteiger partial charge is 0.313 e. The third-order valence-electron chi connectivity index (χ3n) is 9.50. The molecule has 0 bridgehead atoms. The van der Waals surface area contributed by atoms with Gasteiger partial charge in [0.15, 0.2) is 0 Å². The quantitative estimate of drug-likeness (QED) is 0.170. The second-order valence-corrected chi connectivity index (χ2v) is 12.3. The Bertz CT molecular complexity index is 1260. The molecule has 3 aromatic carbocycles. The number of rotatable bonds is 10. The maximum Gasteiger partial charge on any atom is 0.389 e. The lowest BCUT2D eigenvalue weighted by Gasteiger charge is -2.38. The van der Waals surface area contributed by atoms with Crippen LogP contribution in [0.1, 0.15) is 100 Å². The van der Waals surface area contributed by atoms with Crippen molar-refractivity contribution < 1.29 is 26.7 Å². The molecule has 0 unspecified atom stereocenters. The molecule has 0 spiro atoms. The highest BCUT2D eigenvalue weighted by Crippen LogP contribution is 2.45. The highest BCUT2D eigenvalue weighted by atomic mass is 19.3. The topological polar surface area (TPSA) is 9.23 Å². The van der Waals surface area contributed by atoms with Crippen molar-refractivity contribution in [2.75, 3.05) is 0 Å². The summed E-state index contributed by atoms with van der Waals surface area (Å²) in [5.41, 5.74) is 1.80. The van der Waals surface area contributed by atoms with Gasteiger partial charge in [-0.3, -0.25) is 0 Å². The fourth-order valence-electron chi connectivity index (χ4n) is 7.07. The summed E-state index contributed by atoms with van der Waals surface area (Å²) in [5, 5.41) is 0. The standard InChI is InChI=1S/C36H41F5O/c1-2-3-4-5-24-6-8-29(9-7-24)30-22-33(38)35(34(39)23-30)36(40,41)42-32-20-16-28(17-21-32)26-12-10-25(11-13-26)27-14-18-31(37)19-15-27/h6-9,14-15,18-19,22-23,25-26,28,32H,2-5,10-13,16-17,20-21H2,1H3. The van der Waals surface area contributed by atoms with Crippen LogP contribution < -0.4 is 0 Å². The number of alkyl halides is 2. The number of benzene rings is 3. The van der Waals surface area contributed by atoms with Crippen molar-refractivity contribution in [3.63, 3.8) is 0 Å². The molecule has 0 aliphatic heterocycles. The van der Waals surface area contributed by atoms with Gasteiger partial charge in [-0.25, -0.2) is 13.2 Å². The third-order valence-corrected chi connectivity index (χ3v) is 9.50. The van der Waals surface area contributed by atoms with E-state index in [1.54, 1.807) is 12.1 Å². The molecule has 6 heteroatoms. The van der Waals surface area contributed by atoms with Crippen LogP contribution in [0.2, 0.25) is 0 Å². The van der Waals surface area contributed by atoms with Crippen LogP contribution in [0.15, 0.2) is 60.7 Å². The first kappa shape index (κ1) is 30.7. The molecule has 2 aliphatic rings. The molecule has 42 heavy (non-hydrogen) atoms. The van der Waals surface area contributed by atoms with Crippen LogP contribution >= 0.6 is 0 Å². The Morgan fingerprint density at radius 2 is 1.26 bits per heavy atom. The fourth-order valence-corrected chi connectivity index (χ4v) is 7.07. The van der Waals surface area contributed by atoms with E-state index in [2.05, 4.69) is 6.92 Å². The summed E-state index contributed by atoms with van der Waals surface area (Å²) in [6.45, 7) is 2.14. The van der Waals surface area contributed by atoms with Crippen molar-refractivity contribution in [1.29, 1.82) is 0 Å². The Morgan fingerprint density at radius 3 is 1.83 bits per heavy atom. The monoisotopic (exact) mass is 584 g/mol. The molecule has 2 fully saturated rings. The number of ether oxygens (including phenoxy) is 1. The first-order valence-corrected chi connectivity index (χ1v) is 15.6. The number of hydrogen-bond acceptors (Lipinski definition) is 1. The highest BCUT2D eigenvalue weighted by molar-refractivity contribution is 5.64. The Balaban J connectivity index is 1.15. The van der Waals surface area contributed by atoms with Gasteiger partial charge in [-0.2, -0.15) is 8.78 Å². The van der Waals surface area contributed by atoms with Gasteiger partial charge in [-0.15, -0.1) is 0 Å². The molecule has 0 N–H and O–H groups in total. The molecule has 5 rings (SSSR count). The van der Waals surface area contributed by atoms with Gasteiger partial charge in [-0.05, 0) is 128 Å². The molecule has 0 aromatic heterocycles. The molecule has 0 saturated heterocycles. The van der Waals surface area contributed by atoms with Gasteiger partial charge in [-0.1, -0.05) is 56.2 Å². The third kappa shape index (κ3) is 7.42. The van der Waals surface area contributed by atoms with Crippen molar-refractivity contribution in [2.45, 2.75) is 102 Å². The first-order chi connectivity index (χ1) is 20.2. The van der Waals surface area contributed by atoms with Crippen LogP contribution in [0.3, 0.4) is 0 Å². The predicted molar refractivity (Wildman–Crippen MR) is 157 cm³/mol. The lowest BCUT2D eigenvalue weighted by Crippen LogP contribution is -2.33. The lowest BCUT2D eigenvalue weighted by atomic mass is 9.69. The average molecular weight is 585 g/mol. The summed E-state index contributed by atoms with van der Waals surface area (Å²) in [5.74, 6) is -1.40. The van der Waals surface area contributed by atoms with Crippen molar-refractivity contribution >= 4 is 0 Å². The molecule has 0 radical (unpaired) electrons. The van der Waals surface area contributed by atoms with E-state index in [1.165, 1.54) is 17.7 Å². The highest BCUT2D eigenvalue weighted by Gasteiger charge is 2.43. The molecule has 1 nitrogen and oxygen atoms in total. The number of unbranched alkanes of at least 4 members (excludes halogenated alkanes) is 2. The van der Waals surface area contributed by atoms with Gasteiger partial charge < -0.3 is 4.74 Å². The molecule has 0 atom stereocenters. The van der Waals surface area contributed by atoms with Crippen LogP contribution in [0.4, 0.5) is 22.0 Å². The van der Waals surface area contributed by atoms with E-state index in [1.807, 2.05) is 24.3 Å². The van der Waals surface area contributed by atoms with Crippen molar-refractivity contribution in [3.8, 4) is 11.1 Å². The van der Waals surface area contributed by atoms with Crippen molar-refractivity contribution in [2.24, 2.45) is 11.8 Å². The van der Waals surface area contributed by atoms with Crippen LogP contribution in [-0.2, 0) is 17.3 Å². The molecular weight excluding hydrogens is 543 g/mol. The van der Waals surface area contributed by atoms with Crippen LogP contribution in [0.25, 0.3) is 11.1 Å². The summed E-state index contributed by atoms with van der Waals surface area (Å²) in [6.07, 6.45) is 6.13. The van der Waals surface area contributed by atoms with E-state index in [0.29, 0.717) is 36.2 Å². The normalized spacial score (nSPS) is 23.2. The summed E-state index contributed by atoms with van der Waals surface area (Å²) >= 11 is 0. The largest absolute Gasteiger partial charge is 0.389 e. The molecule has 2 aliphatic carbocycles. The van der Waals surface area contributed by atoms with Crippen LogP contribution in [-0.4, -0.2) is 6.10 Å². The minimum atomic E-state index is -4.06. The van der Waals surface area contributed by atoms with Gasteiger partial charge in [0.2, 0.25) is 0 Å². The van der Waals surface area contributed by atoms with E-state index in [9.17, 15) is 13.2 Å². The second-order valence-electron chi connectivity index (χ2n) is 12.3. The molecule has 0 amide bonds. The SMILES string of the molecule is CCCCCc1ccc(-c2cc(F)c(C(F)(F)OC3CCC(C4CCC(c5ccc(F)cc5)CC4)CC3)c(F)c2)cc1. The molecule has 0 heterocycles. The zero-order valence-corrected chi connectivity index (χ0v) is 24.4. The van der Waals surface area contributed by atoms with Gasteiger partial charge in [0.05, 0.1) is 6.10 Å². The molecular formula is C36H41F5O. The van der Waals surface area contributed by atoms with E-state index < -0.39 is 29.4 Å². The number of aryl methyl sites for hydroxylation is 1. The molecule has 2 saturated carbocycles. The van der Waals surface area contributed by atoms with Gasteiger partial charge in [0.25, 0.3) is 0 Å². The average Bonchev–Trinajstić information content (AvgIpc) is 2.98. The van der Waals surface area contributed by atoms with Crippen molar-refractivity contribution in [1.82, 2.24) is 0 Å². The van der Waals surface area contributed by atoms with E-state index in [-0.39, 0.29) is 11.4 Å². The van der Waals surface area contributed by atoms with Crippen LogP contribution in [0, 0.1) is 29.3 Å². The first-order valence-electron chi connectivity index (χ1n) is 15.6. The number of hydrogen-bond donors (Lipinski definition) is 0. The van der Waals surface area contributed by atoms with Crippen LogP contribution in [0.5, 0.6) is 0 Å². The maximum absolute atomic E-state index is 15.2. The molecule has 226 valence electrons. The predicted octanol–water partition coefficient (Wildman–Crippen LogP) is 11.1.